The Labute approximate surface area is 304 Å². The number of rotatable bonds is 22. The molecule has 0 atom stereocenters. The van der Waals surface area contributed by atoms with Crippen LogP contribution in [0.3, 0.4) is 0 Å². The minimum absolute atomic E-state index is 1.18. The lowest BCUT2D eigenvalue weighted by Crippen LogP contribution is -1.91. The second kappa shape index (κ2) is 19.3. The molecule has 0 aliphatic rings. The van der Waals surface area contributed by atoms with Crippen LogP contribution in [0.15, 0.2) is 84.9 Å². The van der Waals surface area contributed by atoms with Gasteiger partial charge in [-0.3, -0.25) is 0 Å². The van der Waals surface area contributed by atoms with Gasteiger partial charge in [0.05, 0.1) is 0 Å². The fourth-order valence-corrected chi connectivity index (χ4v) is 8.60. The zero-order valence-electron chi connectivity index (χ0n) is 31.6. The van der Waals surface area contributed by atoms with E-state index in [1.807, 2.05) is 0 Å². The van der Waals surface area contributed by atoms with Crippen molar-refractivity contribution in [2.24, 2.45) is 0 Å². The Hall–Kier alpha value is -3.38. The fourth-order valence-electron chi connectivity index (χ4n) is 8.60. The van der Waals surface area contributed by atoms with Crippen molar-refractivity contribution < 1.29 is 0 Å². The molecule has 6 rings (SSSR count). The third kappa shape index (κ3) is 9.48. The van der Waals surface area contributed by atoms with Crippen LogP contribution in [0.4, 0.5) is 0 Å². The maximum atomic E-state index is 2.52. The van der Waals surface area contributed by atoms with Crippen molar-refractivity contribution in [3.05, 3.63) is 96.1 Å². The molecule has 6 aromatic carbocycles. The summed E-state index contributed by atoms with van der Waals surface area (Å²) >= 11 is 0. The average molecular weight is 665 g/mol. The van der Waals surface area contributed by atoms with Gasteiger partial charge in [0.2, 0.25) is 0 Å². The van der Waals surface area contributed by atoms with Gasteiger partial charge in [0.15, 0.2) is 0 Å². The number of aryl methyl sites for hydroxylation is 2. The molecule has 0 aliphatic carbocycles. The summed E-state index contributed by atoms with van der Waals surface area (Å²) in [4.78, 5) is 0. The maximum Gasteiger partial charge on any atom is -0.00987 e. The van der Waals surface area contributed by atoms with E-state index in [0.29, 0.717) is 0 Å². The number of fused-ring (bicyclic) bond motifs is 7. The highest BCUT2D eigenvalue weighted by atomic mass is 14.1. The summed E-state index contributed by atoms with van der Waals surface area (Å²) in [6.07, 6.45) is 30.1. The van der Waals surface area contributed by atoms with Gasteiger partial charge in [0.1, 0.15) is 0 Å². The van der Waals surface area contributed by atoms with Gasteiger partial charge in [-0.25, -0.2) is 0 Å². The molecule has 0 amide bonds. The molecule has 264 valence electrons. The molecule has 0 unspecified atom stereocenters. The van der Waals surface area contributed by atoms with Crippen LogP contribution >= 0.6 is 0 Å². The highest BCUT2D eigenvalue weighted by Gasteiger charge is 2.11. The Bertz CT molecular complexity index is 1800. The summed E-state index contributed by atoms with van der Waals surface area (Å²) in [5.41, 5.74) is 3.04. The van der Waals surface area contributed by atoms with E-state index in [4.69, 9.17) is 0 Å². The van der Waals surface area contributed by atoms with E-state index in [0.717, 1.165) is 0 Å². The highest BCUT2D eigenvalue weighted by Crippen LogP contribution is 2.37. The van der Waals surface area contributed by atoms with Crippen LogP contribution < -0.4 is 0 Å². The second-order valence-corrected chi connectivity index (χ2v) is 15.5. The molecule has 0 saturated carbocycles. The molecule has 0 N–H and O–H groups in total. The zero-order chi connectivity index (χ0) is 34.4. The molecule has 0 bridgehead atoms. The van der Waals surface area contributed by atoms with E-state index in [2.05, 4.69) is 98.8 Å². The molecule has 6 aromatic rings. The largest absolute Gasteiger partial charge is 0.0654 e. The van der Waals surface area contributed by atoms with Gasteiger partial charge in [-0.15, -0.1) is 0 Å². The molecule has 0 aromatic heterocycles. The lowest BCUT2D eigenvalue weighted by molar-refractivity contribution is 0.556. The lowest BCUT2D eigenvalue weighted by atomic mass is 9.91. The van der Waals surface area contributed by atoms with Crippen LogP contribution in [0.2, 0.25) is 0 Å². The van der Waals surface area contributed by atoms with Crippen molar-refractivity contribution in [2.75, 3.05) is 0 Å². The SMILES string of the molecule is CCCCCCCCCCCCc1cccc2cc3ccc4c5cc6c(CCCCCCCCCCCC)cccc6cc5ccc4c3cc12. The van der Waals surface area contributed by atoms with E-state index in [1.54, 1.807) is 0 Å². The van der Waals surface area contributed by atoms with E-state index >= 15 is 0 Å². The van der Waals surface area contributed by atoms with Crippen molar-refractivity contribution in [1.29, 1.82) is 0 Å². The van der Waals surface area contributed by atoms with Gasteiger partial charge >= 0.3 is 0 Å². The van der Waals surface area contributed by atoms with Gasteiger partial charge in [-0.2, -0.15) is 0 Å². The number of benzene rings is 6. The summed E-state index contributed by atoms with van der Waals surface area (Å²) in [5.74, 6) is 0. The highest BCUT2D eigenvalue weighted by molar-refractivity contribution is 6.21. The van der Waals surface area contributed by atoms with Crippen LogP contribution in [0.25, 0.3) is 53.9 Å². The van der Waals surface area contributed by atoms with Crippen LogP contribution in [0, 0.1) is 0 Å². The first-order valence-corrected chi connectivity index (χ1v) is 21.0. The van der Waals surface area contributed by atoms with Crippen molar-refractivity contribution in [3.63, 3.8) is 0 Å². The Balaban J connectivity index is 1.16. The minimum atomic E-state index is 1.18. The molecule has 0 radical (unpaired) electrons. The van der Waals surface area contributed by atoms with Crippen LogP contribution in [-0.4, -0.2) is 0 Å². The summed E-state index contributed by atoms with van der Waals surface area (Å²) in [7, 11) is 0. The van der Waals surface area contributed by atoms with Crippen molar-refractivity contribution in [2.45, 2.75) is 155 Å². The van der Waals surface area contributed by atoms with E-state index in [1.165, 1.54) is 206 Å². The first-order valence-electron chi connectivity index (χ1n) is 21.0. The van der Waals surface area contributed by atoms with Gasteiger partial charge in [0.25, 0.3) is 0 Å². The molecule has 0 heterocycles. The smallest absolute Gasteiger partial charge is 0.00987 e. The van der Waals surface area contributed by atoms with Crippen LogP contribution in [-0.2, 0) is 12.8 Å². The summed E-state index contributed by atoms with van der Waals surface area (Å²) < 4.78 is 0. The molecule has 0 aliphatic heterocycles. The number of unbranched alkanes of at least 4 members (excludes halogenated alkanes) is 18. The quantitative estimate of drug-likeness (QED) is 0.0385. The molecular formula is C50H64. The van der Waals surface area contributed by atoms with Gasteiger partial charge in [-0.1, -0.05) is 190 Å². The van der Waals surface area contributed by atoms with Gasteiger partial charge < -0.3 is 0 Å². The molecule has 50 heavy (non-hydrogen) atoms. The van der Waals surface area contributed by atoms with Gasteiger partial charge in [-0.05, 0) is 115 Å². The van der Waals surface area contributed by atoms with Crippen molar-refractivity contribution in [1.82, 2.24) is 0 Å². The monoisotopic (exact) mass is 665 g/mol. The molecular weight excluding hydrogens is 601 g/mol. The second-order valence-electron chi connectivity index (χ2n) is 15.5. The van der Waals surface area contributed by atoms with E-state index in [9.17, 15) is 0 Å². The topological polar surface area (TPSA) is 0 Å². The third-order valence-corrected chi connectivity index (χ3v) is 11.6. The normalized spacial score (nSPS) is 12.0. The van der Waals surface area contributed by atoms with Crippen molar-refractivity contribution in [3.8, 4) is 0 Å². The van der Waals surface area contributed by atoms with E-state index < -0.39 is 0 Å². The predicted molar refractivity (Wildman–Crippen MR) is 225 cm³/mol. The molecule has 0 saturated heterocycles. The molecule has 0 spiro atoms. The fraction of sp³-hybridized carbons (Fsp3) is 0.480. The average Bonchev–Trinajstić information content (AvgIpc) is 3.14. The first kappa shape index (κ1) is 36.4. The zero-order valence-corrected chi connectivity index (χ0v) is 31.6. The Morgan fingerprint density at radius 1 is 0.280 bits per heavy atom. The summed E-state index contributed by atoms with van der Waals surface area (Å²) in [6.45, 7) is 4.61. The summed E-state index contributed by atoms with van der Waals surface area (Å²) in [5, 5.41) is 13.9. The standard InChI is InChI=1S/C50H64/c1-3-5-7-9-11-13-15-17-19-21-25-39-27-23-29-41-35-43-31-34-46-45(49(43)37-47(39)41)33-32-44-36-42-30-24-28-40(48(42)38-50(44)46)26-22-20-18-16-14-12-10-8-6-4-2/h23-24,27-38H,3-22,25-26H2,1-2H3. The maximum absolute atomic E-state index is 2.52. The van der Waals surface area contributed by atoms with Crippen molar-refractivity contribution >= 4 is 53.9 Å². The Morgan fingerprint density at radius 2 is 0.620 bits per heavy atom. The third-order valence-electron chi connectivity index (χ3n) is 11.6. The Kier molecular flexibility index (Phi) is 14.0. The number of hydrogen-bond donors (Lipinski definition) is 0. The minimum Gasteiger partial charge on any atom is -0.0654 e. The predicted octanol–water partition coefficient (Wildman–Crippen LogP) is 16.4. The van der Waals surface area contributed by atoms with Crippen LogP contribution in [0.1, 0.15) is 153 Å². The first-order chi connectivity index (χ1) is 24.8. The lowest BCUT2D eigenvalue weighted by Gasteiger charge is -2.13. The molecule has 0 nitrogen and oxygen atoms in total. The number of hydrogen-bond acceptors (Lipinski definition) is 0. The van der Waals surface area contributed by atoms with E-state index in [-0.39, 0.29) is 0 Å². The molecule has 0 heteroatoms. The van der Waals surface area contributed by atoms with Crippen LogP contribution in [0.5, 0.6) is 0 Å². The summed E-state index contributed by atoms with van der Waals surface area (Å²) in [6, 6.07) is 33.3. The Morgan fingerprint density at radius 3 is 1.00 bits per heavy atom. The molecule has 0 fully saturated rings. The van der Waals surface area contributed by atoms with Gasteiger partial charge in [0, 0.05) is 0 Å².